The van der Waals surface area contributed by atoms with E-state index in [4.69, 9.17) is 0 Å². The van der Waals surface area contributed by atoms with Gasteiger partial charge in [0.2, 0.25) is 0 Å². The lowest BCUT2D eigenvalue weighted by Gasteiger charge is -2.10. The Labute approximate surface area is 139 Å². The molecule has 2 rings (SSSR count). The molecular weight excluding hydrogens is 312 g/mol. The summed E-state index contributed by atoms with van der Waals surface area (Å²) in [5, 5.41) is 4.65. The average Bonchev–Trinajstić information content (AvgIpc) is 2.51. The van der Waals surface area contributed by atoms with Gasteiger partial charge in [0, 0.05) is 11.1 Å². The molecule has 0 amide bonds. The summed E-state index contributed by atoms with van der Waals surface area (Å²) in [5.41, 5.74) is 3.70. The number of rotatable bonds is 4. The normalized spacial score (nSPS) is 9.55. The van der Waals surface area contributed by atoms with Crippen LogP contribution in [-0.2, 0) is 0 Å². The van der Waals surface area contributed by atoms with Crippen LogP contribution < -0.4 is 0 Å². The Balaban J connectivity index is 2.69. The van der Waals surface area contributed by atoms with E-state index in [2.05, 4.69) is 44.7 Å². The Morgan fingerprint density at radius 2 is 1.27 bits per heavy atom. The summed E-state index contributed by atoms with van der Waals surface area (Å²) in [6.45, 7) is 3.74. The predicted molar refractivity (Wildman–Crippen MR) is 95.2 cm³/mol. The molecule has 22 heavy (non-hydrogen) atoms. The van der Waals surface area contributed by atoms with Crippen LogP contribution in [0.5, 0.6) is 0 Å². The van der Waals surface area contributed by atoms with E-state index >= 15 is 0 Å². The lowest BCUT2D eigenvalue weighted by atomic mass is 9.96. The molecule has 0 N–H and O–H groups in total. The zero-order valence-corrected chi connectivity index (χ0v) is 13.7. The number of isothiocyanates is 2. The Kier molecular flexibility index (Phi) is 5.21. The number of thiocarbonyl (C=S) groups is 2. The van der Waals surface area contributed by atoms with Crippen molar-refractivity contribution in [1.29, 1.82) is 0 Å². The zero-order chi connectivity index (χ0) is 16.1. The van der Waals surface area contributed by atoms with E-state index < -0.39 is 0 Å². The molecule has 0 spiro atoms. The second-order valence-electron chi connectivity index (χ2n) is 4.68. The summed E-state index contributed by atoms with van der Waals surface area (Å²) in [5.74, 6) is -0.180. The third-order valence-corrected chi connectivity index (χ3v) is 3.46. The summed E-state index contributed by atoms with van der Waals surface area (Å²) in [7, 11) is 0. The summed E-state index contributed by atoms with van der Waals surface area (Å²) >= 11 is 9.35. The van der Waals surface area contributed by atoms with Crippen molar-refractivity contribution in [2.45, 2.75) is 13.8 Å². The van der Waals surface area contributed by atoms with Gasteiger partial charge in [0.05, 0.1) is 21.7 Å². The van der Waals surface area contributed by atoms with Gasteiger partial charge in [-0.15, -0.1) is 0 Å². The molecule has 0 aromatic heterocycles. The van der Waals surface area contributed by atoms with E-state index in [-0.39, 0.29) is 5.78 Å². The van der Waals surface area contributed by atoms with Gasteiger partial charge >= 0.3 is 0 Å². The molecule has 3 nitrogen and oxygen atoms in total. The maximum atomic E-state index is 12.9. The van der Waals surface area contributed by atoms with Crippen molar-refractivity contribution in [1.82, 2.24) is 0 Å². The summed E-state index contributed by atoms with van der Waals surface area (Å²) in [6, 6.07) is 10.8. The average molecular weight is 324 g/mol. The third kappa shape index (κ3) is 3.14. The molecule has 0 bridgehead atoms. The number of aliphatic imine (C=N–C) groups is 2. The zero-order valence-electron chi connectivity index (χ0n) is 12.1. The first-order chi connectivity index (χ1) is 10.6. The monoisotopic (exact) mass is 324 g/mol. The fourth-order valence-corrected chi connectivity index (χ4v) is 2.40. The third-order valence-electron chi connectivity index (χ3n) is 3.28. The number of aryl methyl sites for hydroxylation is 2. The maximum Gasteiger partial charge on any atom is 0.197 e. The van der Waals surface area contributed by atoms with Crippen molar-refractivity contribution >= 4 is 51.9 Å². The number of hydrogen-bond donors (Lipinski definition) is 0. The molecule has 0 saturated carbocycles. The Bertz CT molecular complexity index is 776. The largest absolute Gasteiger partial charge is 0.288 e. The number of carbonyl (C=O) groups excluding carboxylic acids is 1. The molecule has 2 aromatic rings. The first kappa shape index (κ1) is 16.1. The van der Waals surface area contributed by atoms with Gasteiger partial charge in [0.1, 0.15) is 0 Å². The van der Waals surface area contributed by atoms with Crippen molar-refractivity contribution in [2.75, 3.05) is 0 Å². The SMILES string of the molecule is Cc1cccc(C(=O)c2cccc(C)c2N=C=S)c1N=C=S. The molecule has 0 aliphatic rings. The Morgan fingerprint density at radius 1 is 0.864 bits per heavy atom. The molecule has 0 fully saturated rings. The van der Waals surface area contributed by atoms with E-state index in [1.807, 2.05) is 38.1 Å². The van der Waals surface area contributed by atoms with Crippen LogP contribution in [0.2, 0.25) is 0 Å². The molecule has 108 valence electrons. The van der Waals surface area contributed by atoms with Crippen LogP contribution in [-0.4, -0.2) is 16.1 Å². The maximum absolute atomic E-state index is 12.9. The molecule has 0 radical (unpaired) electrons. The number of para-hydroxylation sites is 2. The van der Waals surface area contributed by atoms with Crippen LogP contribution in [0.15, 0.2) is 46.4 Å². The highest BCUT2D eigenvalue weighted by Crippen LogP contribution is 2.30. The van der Waals surface area contributed by atoms with Gasteiger partial charge in [-0.2, -0.15) is 9.98 Å². The van der Waals surface area contributed by atoms with Crippen LogP contribution in [0.1, 0.15) is 27.0 Å². The molecule has 0 unspecified atom stereocenters. The van der Waals surface area contributed by atoms with Gasteiger partial charge in [-0.25, -0.2) is 0 Å². The van der Waals surface area contributed by atoms with Crippen LogP contribution in [0.25, 0.3) is 0 Å². The molecule has 5 heteroatoms. The van der Waals surface area contributed by atoms with E-state index in [0.29, 0.717) is 22.5 Å². The summed E-state index contributed by atoms with van der Waals surface area (Å²) in [6.07, 6.45) is 0. The minimum absolute atomic E-state index is 0.180. The summed E-state index contributed by atoms with van der Waals surface area (Å²) < 4.78 is 0. The number of carbonyl (C=O) groups is 1. The minimum atomic E-state index is -0.180. The van der Waals surface area contributed by atoms with Crippen molar-refractivity contribution in [3.8, 4) is 0 Å². The lowest BCUT2D eigenvalue weighted by molar-refractivity contribution is 0.104. The van der Waals surface area contributed by atoms with Gasteiger partial charge in [0.15, 0.2) is 5.78 Å². The highest BCUT2D eigenvalue weighted by molar-refractivity contribution is 7.78. The molecular formula is C17H12N2OS2. The van der Waals surface area contributed by atoms with E-state index in [0.717, 1.165) is 11.1 Å². The van der Waals surface area contributed by atoms with Crippen LogP contribution in [0.4, 0.5) is 11.4 Å². The lowest BCUT2D eigenvalue weighted by Crippen LogP contribution is -2.03. The number of benzene rings is 2. The van der Waals surface area contributed by atoms with Gasteiger partial charge in [-0.3, -0.25) is 4.79 Å². The molecule has 2 aromatic carbocycles. The van der Waals surface area contributed by atoms with E-state index in [9.17, 15) is 4.79 Å². The molecule has 0 atom stereocenters. The summed E-state index contributed by atoms with van der Waals surface area (Å²) in [4.78, 5) is 21.0. The number of hydrogen-bond acceptors (Lipinski definition) is 5. The Morgan fingerprint density at radius 3 is 1.64 bits per heavy atom. The van der Waals surface area contributed by atoms with Crippen molar-refractivity contribution in [3.63, 3.8) is 0 Å². The van der Waals surface area contributed by atoms with Gasteiger partial charge < -0.3 is 0 Å². The molecule has 0 aliphatic carbocycles. The predicted octanol–water partition coefficient (Wildman–Crippen LogP) is 5.00. The van der Waals surface area contributed by atoms with Crippen molar-refractivity contribution < 1.29 is 4.79 Å². The topological polar surface area (TPSA) is 41.8 Å². The van der Waals surface area contributed by atoms with Gasteiger partial charge in [0.25, 0.3) is 0 Å². The molecule has 0 saturated heterocycles. The quantitative estimate of drug-likeness (QED) is 0.451. The van der Waals surface area contributed by atoms with Gasteiger partial charge in [-0.1, -0.05) is 24.3 Å². The van der Waals surface area contributed by atoms with Gasteiger partial charge in [-0.05, 0) is 61.5 Å². The first-order valence-electron chi connectivity index (χ1n) is 6.49. The minimum Gasteiger partial charge on any atom is -0.288 e. The number of nitrogens with zero attached hydrogens (tertiary/aromatic N) is 2. The second-order valence-corrected chi connectivity index (χ2v) is 5.04. The standard InChI is InChI=1S/C17H12N2OS2/c1-11-5-3-7-13(15(11)18-9-21)17(20)14-8-4-6-12(2)16(14)19-10-22/h3-8H,1-2H3. The first-order valence-corrected chi connectivity index (χ1v) is 7.31. The fourth-order valence-electron chi connectivity index (χ4n) is 2.22. The molecule has 0 heterocycles. The number of ketones is 1. The smallest absolute Gasteiger partial charge is 0.197 e. The van der Waals surface area contributed by atoms with E-state index in [1.54, 1.807) is 12.1 Å². The van der Waals surface area contributed by atoms with Crippen LogP contribution in [0.3, 0.4) is 0 Å². The second kappa shape index (κ2) is 7.12. The molecule has 0 aliphatic heterocycles. The van der Waals surface area contributed by atoms with Crippen LogP contribution in [0, 0.1) is 13.8 Å². The fraction of sp³-hybridized carbons (Fsp3) is 0.118. The van der Waals surface area contributed by atoms with Crippen molar-refractivity contribution in [2.24, 2.45) is 9.98 Å². The van der Waals surface area contributed by atoms with Crippen molar-refractivity contribution in [3.05, 3.63) is 58.7 Å². The highest BCUT2D eigenvalue weighted by atomic mass is 32.1. The van der Waals surface area contributed by atoms with Crippen LogP contribution >= 0.6 is 24.4 Å². The van der Waals surface area contributed by atoms with E-state index in [1.165, 1.54) is 0 Å². The highest BCUT2D eigenvalue weighted by Gasteiger charge is 2.18. The Hall–Kier alpha value is -2.29.